The average Bonchev–Trinajstić information content (AvgIpc) is 2.66. The van der Waals surface area contributed by atoms with E-state index < -0.39 is 11.5 Å². The zero-order valence-electron chi connectivity index (χ0n) is 9.48. The van der Waals surface area contributed by atoms with Crippen molar-refractivity contribution in [3.8, 4) is 0 Å². The standard InChI is InChI=1S/C11H14BrN3O2/c1-7-2-4-14-9(8(7)12)15-5-3-11(13,6-15)10(16)17/h2,4H,3,5-6,13H2,1H3,(H,16,17). The molecule has 17 heavy (non-hydrogen) atoms. The Bertz CT molecular complexity index is 466. The summed E-state index contributed by atoms with van der Waals surface area (Å²) in [6.45, 7) is 2.87. The van der Waals surface area contributed by atoms with Gasteiger partial charge in [-0.15, -0.1) is 0 Å². The number of carboxylic acids is 1. The van der Waals surface area contributed by atoms with Crippen LogP contribution in [0.3, 0.4) is 0 Å². The van der Waals surface area contributed by atoms with Crippen molar-refractivity contribution in [2.24, 2.45) is 5.73 Å². The Hall–Kier alpha value is -1.14. The van der Waals surface area contributed by atoms with Gasteiger partial charge in [0.1, 0.15) is 11.4 Å². The number of aromatic nitrogens is 1. The van der Waals surface area contributed by atoms with Gasteiger partial charge in [0, 0.05) is 19.3 Å². The number of carboxylic acid groups (broad SMARTS) is 1. The normalized spacial score (nSPS) is 24.1. The maximum absolute atomic E-state index is 11.1. The number of aryl methyl sites for hydroxylation is 1. The third-order valence-electron chi connectivity index (χ3n) is 3.09. The Morgan fingerprint density at radius 2 is 2.41 bits per heavy atom. The van der Waals surface area contributed by atoms with E-state index in [-0.39, 0.29) is 6.54 Å². The van der Waals surface area contributed by atoms with Crippen molar-refractivity contribution < 1.29 is 9.90 Å². The predicted molar refractivity (Wildman–Crippen MR) is 68.1 cm³/mol. The molecule has 0 saturated carbocycles. The fourth-order valence-electron chi connectivity index (χ4n) is 1.93. The van der Waals surface area contributed by atoms with Gasteiger partial charge < -0.3 is 15.7 Å². The van der Waals surface area contributed by atoms with Crippen molar-refractivity contribution in [1.29, 1.82) is 0 Å². The van der Waals surface area contributed by atoms with Gasteiger partial charge in [0.25, 0.3) is 0 Å². The Labute approximate surface area is 108 Å². The number of halogens is 1. The van der Waals surface area contributed by atoms with Crippen molar-refractivity contribution >= 4 is 27.7 Å². The molecule has 1 aliphatic heterocycles. The second kappa shape index (κ2) is 4.27. The minimum atomic E-state index is -1.16. The minimum absolute atomic E-state index is 0.289. The summed E-state index contributed by atoms with van der Waals surface area (Å²) in [5.41, 5.74) is 5.74. The van der Waals surface area contributed by atoms with Gasteiger partial charge in [0.2, 0.25) is 0 Å². The van der Waals surface area contributed by atoms with Gasteiger partial charge >= 0.3 is 5.97 Å². The monoisotopic (exact) mass is 299 g/mol. The van der Waals surface area contributed by atoms with Crippen LogP contribution in [0.5, 0.6) is 0 Å². The van der Waals surface area contributed by atoms with Gasteiger partial charge in [-0.1, -0.05) is 0 Å². The summed E-state index contributed by atoms with van der Waals surface area (Å²) >= 11 is 3.47. The molecule has 0 aliphatic carbocycles. The van der Waals surface area contributed by atoms with E-state index in [1.54, 1.807) is 6.20 Å². The summed E-state index contributed by atoms with van der Waals surface area (Å²) in [7, 11) is 0. The molecule has 1 fully saturated rings. The van der Waals surface area contributed by atoms with Crippen LogP contribution >= 0.6 is 15.9 Å². The van der Waals surface area contributed by atoms with Crippen molar-refractivity contribution in [3.63, 3.8) is 0 Å². The van der Waals surface area contributed by atoms with E-state index in [2.05, 4.69) is 20.9 Å². The number of nitrogens with zero attached hydrogens (tertiary/aromatic N) is 2. The van der Waals surface area contributed by atoms with Crippen molar-refractivity contribution in [2.45, 2.75) is 18.9 Å². The van der Waals surface area contributed by atoms with E-state index >= 15 is 0 Å². The van der Waals surface area contributed by atoms with Crippen LogP contribution in [-0.4, -0.2) is 34.7 Å². The van der Waals surface area contributed by atoms with E-state index in [9.17, 15) is 4.79 Å². The lowest BCUT2D eigenvalue weighted by Crippen LogP contribution is -2.50. The lowest BCUT2D eigenvalue weighted by atomic mass is 10.0. The summed E-state index contributed by atoms with van der Waals surface area (Å²) in [4.78, 5) is 17.3. The first-order chi connectivity index (χ1) is 7.94. The number of anilines is 1. The topological polar surface area (TPSA) is 79.5 Å². The summed E-state index contributed by atoms with van der Waals surface area (Å²) in [6, 6.07) is 1.90. The van der Waals surface area contributed by atoms with E-state index in [0.29, 0.717) is 13.0 Å². The van der Waals surface area contributed by atoms with Crippen molar-refractivity contribution in [2.75, 3.05) is 18.0 Å². The van der Waals surface area contributed by atoms with E-state index in [1.807, 2.05) is 17.9 Å². The molecule has 2 rings (SSSR count). The van der Waals surface area contributed by atoms with Gasteiger partial charge in [-0.3, -0.25) is 4.79 Å². The SMILES string of the molecule is Cc1ccnc(N2CCC(N)(C(=O)O)C2)c1Br. The minimum Gasteiger partial charge on any atom is -0.480 e. The number of carbonyl (C=O) groups is 1. The van der Waals surface area contributed by atoms with Gasteiger partial charge in [0.15, 0.2) is 0 Å². The van der Waals surface area contributed by atoms with Crippen LogP contribution in [0.15, 0.2) is 16.7 Å². The molecule has 1 aromatic heterocycles. The second-order valence-corrected chi connectivity index (χ2v) is 5.19. The number of rotatable bonds is 2. The molecule has 1 atom stereocenters. The smallest absolute Gasteiger partial charge is 0.325 e. The third kappa shape index (κ3) is 2.14. The van der Waals surface area contributed by atoms with Crippen molar-refractivity contribution in [1.82, 2.24) is 4.98 Å². The Kier molecular flexibility index (Phi) is 3.09. The average molecular weight is 300 g/mol. The highest BCUT2D eigenvalue weighted by atomic mass is 79.9. The summed E-state index contributed by atoms with van der Waals surface area (Å²) in [5, 5.41) is 9.08. The molecule has 92 valence electrons. The predicted octanol–water partition coefficient (Wildman–Crippen LogP) is 1.14. The molecular formula is C11H14BrN3O2. The van der Waals surface area contributed by atoms with Crippen molar-refractivity contribution in [3.05, 3.63) is 22.3 Å². The van der Waals surface area contributed by atoms with Crippen LogP contribution in [0.4, 0.5) is 5.82 Å². The quantitative estimate of drug-likeness (QED) is 0.856. The highest BCUT2D eigenvalue weighted by Gasteiger charge is 2.42. The lowest BCUT2D eigenvalue weighted by Gasteiger charge is -2.22. The molecule has 1 aliphatic rings. The van der Waals surface area contributed by atoms with Crippen LogP contribution in [0.2, 0.25) is 0 Å². The van der Waals surface area contributed by atoms with E-state index in [0.717, 1.165) is 15.9 Å². The number of aliphatic carboxylic acids is 1. The summed E-state index contributed by atoms with van der Waals surface area (Å²) in [6.07, 6.45) is 2.15. The molecule has 3 N–H and O–H groups in total. The number of hydrogen-bond donors (Lipinski definition) is 2. The van der Waals surface area contributed by atoms with Gasteiger partial charge in [-0.2, -0.15) is 0 Å². The van der Waals surface area contributed by atoms with E-state index in [4.69, 9.17) is 10.8 Å². The Morgan fingerprint density at radius 1 is 1.71 bits per heavy atom. The van der Waals surface area contributed by atoms with Crippen LogP contribution in [0.1, 0.15) is 12.0 Å². The Morgan fingerprint density at radius 3 is 3.00 bits per heavy atom. The molecule has 0 radical (unpaired) electrons. The van der Waals surface area contributed by atoms with Crippen LogP contribution in [-0.2, 0) is 4.79 Å². The van der Waals surface area contributed by atoms with Crippen LogP contribution < -0.4 is 10.6 Å². The maximum atomic E-state index is 11.1. The molecule has 2 heterocycles. The fraction of sp³-hybridized carbons (Fsp3) is 0.455. The highest BCUT2D eigenvalue weighted by molar-refractivity contribution is 9.10. The molecule has 5 nitrogen and oxygen atoms in total. The first kappa shape index (κ1) is 12.3. The first-order valence-corrected chi connectivity index (χ1v) is 6.12. The molecule has 0 spiro atoms. The molecule has 1 aromatic rings. The molecule has 0 bridgehead atoms. The molecule has 1 saturated heterocycles. The summed E-state index contributed by atoms with van der Waals surface area (Å²) < 4.78 is 0.898. The largest absolute Gasteiger partial charge is 0.480 e. The van der Waals surface area contributed by atoms with E-state index in [1.165, 1.54) is 0 Å². The molecule has 0 aromatic carbocycles. The summed E-state index contributed by atoms with van der Waals surface area (Å²) in [5.74, 6) is -0.192. The zero-order valence-corrected chi connectivity index (χ0v) is 11.1. The van der Waals surface area contributed by atoms with Gasteiger partial charge in [0.05, 0.1) is 4.47 Å². The third-order valence-corrected chi connectivity index (χ3v) is 4.07. The van der Waals surface area contributed by atoms with Crippen LogP contribution in [0.25, 0.3) is 0 Å². The van der Waals surface area contributed by atoms with Crippen LogP contribution in [0, 0.1) is 6.92 Å². The Balaban J connectivity index is 2.27. The number of hydrogen-bond acceptors (Lipinski definition) is 4. The molecule has 0 amide bonds. The molecule has 6 heteroatoms. The highest BCUT2D eigenvalue weighted by Crippen LogP contribution is 2.31. The maximum Gasteiger partial charge on any atom is 0.325 e. The molecular weight excluding hydrogens is 286 g/mol. The van der Waals surface area contributed by atoms with Gasteiger partial charge in [-0.05, 0) is 40.9 Å². The second-order valence-electron chi connectivity index (χ2n) is 4.40. The first-order valence-electron chi connectivity index (χ1n) is 5.32. The fourth-order valence-corrected chi connectivity index (χ4v) is 2.42. The number of pyridine rings is 1. The lowest BCUT2D eigenvalue weighted by molar-refractivity contribution is -0.142. The van der Waals surface area contributed by atoms with Gasteiger partial charge in [-0.25, -0.2) is 4.98 Å². The molecule has 1 unspecified atom stereocenters. The number of nitrogens with two attached hydrogens (primary N) is 1. The zero-order chi connectivity index (χ0) is 12.6.